The van der Waals surface area contributed by atoms with Crippen molar-refractivity contribution in [1.29, 1.82) is 5.26 Å². The van der Waals surface area contributed by atoms with Gasteiger partial charge in [-0.2, -0.15) is 5.26 Å². The molecule has 0 bridgehead atoms. The van der Waals surface area contributed by atoms with Gasteiger partial charge in [-0.25, -0.2) is 4.39 Å². The van der Waals surface area contributed by atoms with Gasteiger partial charge >= 0.3 is 5.97 Å². The molecule has 0 saturated carbocycles. The van der Waals surface area contributed by atoms with Crippen LogP contribution in [0.2, 0.25) is 0 Å². The molecule has 0 aliphatic heterocycles. The summed E-state index contributed by atoms with van der Waals surface area (Å²) in [6, 6.07) is 6.08. The lowest BCUT2D eigenvalue weighted by atomic mass is 10.2. The van der Waals surface area contributed by atoms with Crippen molar-refractivity contribution in [3.05, 3.63) is 29.6 Å². The number of nitrogens with zero attached hydrogens (tertiary/aromatic N) is 1. The average molecular weight is 236 g/mol. The third kappa shape index (κ3) is 3.76. The molecule has 0 aliphatic carbocycles. The number of carbonyl (C=O) groups excluding carboxylic acids is 1. The van der Waals surface area contributed by atoms with Crippen LogP contribution in [0.4, 0.5) is 10.1 Å². The van der Waals surface area contributed by atoms with E-state index in [2.05, 4.69) is 5.32 Å². The minimum Gasteiger partial charge on any atom is -0.466 e. The third-order valence-corrected chi connectivity index (χ3v) is 2.08. The van der Waals surface area contributed by atoms with Crippen molar-refractivity contribution in [2.24, 2.45) is 0 Å². The Kier molecular flexibility index (Phi) is 4.95. The number of halogens is 1. The summed E-state index contributed by atoms with van der Waals surface area (Å²) in [4.78, 5) is 11.1. The Bertz CT molecular complexity index is 441. The Labute approximate surface area is 99.0 Å². The van der Waals surface area contributed by atoms with E-state index in [0.717, 1.165) is 0 Å². The number of ether oxygens (including phenoxy) is 1. The molecular weight excluding hydrogens is 223 g/mol. The number of esters is 1. The van der Waals surface area contributed by atoms with E-state index < -0.39 is 5.82 Å². The van der Waals surface area contributed by atoms with E-state index in [1.54, 1.807) is 19.1 Å². The van der Waals surface area contributed by atoms with Gasteiger partial charge in [-0.15, -0.1) is 0 Å². The molecule has 17 heavy (non-hydrogen) atoms. The SMILES string of the molecule is CCOC(=O)CCNc1cccc(F)c1C#N. The Balaban J connectivity index is 2.56. The summed E-state index contributed by atoms with van der Waals surface area (Å²) in [7, 11) is 0. The van der Waals surface area contributed by atoms with E-state index in [9.17, 15) is 9.18 Å². The first-order chi connectivity index (χ1) is 8.19. The zero-order valence-corrected chi connectivity index (χ0v) is 9.50. The number of hydrogen-bond acceptors (Lipinski definition) is 4. The predicted octanol–water partition coefficient (Wildman–Crippen LogP) is 2.06. The van der Waals surface area contributed by atoms with Crippen LogP contribution in [0, 0.1) is 17.1 Å². The van der Waals surface area contributed by atoms with Crippen LogP contribution in [-0.2, 0) is 9.53 Å². The number of anilines is 1. The lowest BCUT2D eigenvalue weighted by Crippen LogP contribution is -2.12. The molecule has 1 rings (SSSR count). The summed E-state index contributed by atoms with van der Waals surface area (Å²) in [5.41, 5.74) is 0.341. The van der Waals surface area contributed by atoms with E-state index in [4.69, 9.17) is 10.00 Å². The van der Waals surface area contributed by atoms with Crippen molar-refractivity contribution in [2.75, 3.05) is 18.5 Å². The van der Waals surface area contributed by atoms with Crippen molar-refractivity contribution < 1.29 is 13.9 Å². The molecule has 5 heteroatoms. The van der Waals surface area contributed by atoms with Gasteiger partial charge in [0.15, 0.2) is 0 Å². The van der Waals surface area contributed by atoms with Gasteiger partial charge < -0.3 is 10.1 Å². The van der Waals surface area contributed by atoms with E-state index in [1.807, 2.05) is 0 Å². The van der Waals surface area contributed by atoms with Gasteiger partial charge in [0.05, 0.1) is 18.7 Å². The van der Waals surface area contributed by atoms with Crippen molar-refractivity contribution in [3.8, 4) is 6.07 Å². The molecule has 0 unspecified atom stereocenters. The molecule has 90 valence electrons. The first-order valence-electron chi connectivity index (χ1n) is 5.27. The van der Waals surface area contributed by atoms with Gasteiger partial charge in [0.1, 0.15) is 17.4 Å². The quantitative estimate of drug-likeness (QED) is 0.795. The number of carbonyl (C=O) groups is 1. The zero-order chi connectivity index (χ0) is 12.7. The van der Waals surface area contributed by atoms with Gasteiger partial charge in [0, 0.05) is 6.54 Å². The third-order valence-electron chi connectivity index (χ3n) is 2.08. The first-order valence-corrected chi connectivity index (χ1v) is 5.27. The summed E-state index contributed by atoms with van der Waals surface area (Å²) in [6.45, 7) is 2.37. The summed E-state index contributed by atoms with van der Waals surface area (Å²) >= 11 is 0. The Morgan fingerprint density at radius 1 is 1.59 bits per heavy atom. The van der Waals surface area contributed by atoms with Crippen LogP contribution < -0.4 is 5.32 Å². The van der Waals surface area contributed by atoms with Crippen molar-refractivity contribution in [3.63, 3.8) is 0 Å². The molecule has 0 saturated heterocycles. The Morgan fingerprint density at radius 2 is 2.35 bits per heavy atom. The molecule has 0 heterocycles. The topological polar surface area (TPSA) is 62.1 Å². The zero-order valence-electron chi connectivity index (χ0n) is 9.50. The van der Waals surface area contributed by atoms with Gasteiger partial charge in [0.2, 0.25) is 0 Å². The van der Waals surface area contributed by atoms with E-state index in [1.165, 1.54) is 12.1 Å². The number of benzene rings is 1. The maximum absolute atomic E-state index is 13.2. The van der Waals surface area contributed by atoms with E-state index in [-0.39, 0.29) is 18.0 Å². The fourth-order valence-electron chi connectivity index (χ4n) is 1.32. The molecule has 0 aliphatic rings. The van der Waals surface area contributed by atoms with Crippen LogP contribution in [0.15, 0.2) is 18.2 Å². The highest BCUT2D eigenvalue weighted by atomic mass is 19.1. The second-order valence-corrected chi connectivity index (χ2v) is 3.26. The molecule has 1 aromatic rings. The van der Waals surface area contributed by atoms with Crippen molar-refractivity contribution in [2.45, 2.75) is 13.3 Å². The second-order valence-electron chi connectivity index (χ2n) is 3.26. The van der Waals surface area contributed by atoms with E-state index in [0.29, 0.717) is 18.8 Å². The summed E-state index contributed by atoms with van der Waals surface area (Å²) in [5.74, 6) is -0.899. The largest absolute Gasteiger partial charge is 0.466 e. The molecule has 1 aromatic carbocycles. The maximum Gasteiger partial charge on any atom is 0.307 e. The van der Waals surface area contributed by atoms with Gasteiger partial charge in [-0.1, -0.05) is 6.07 Å². The van der Waals surface area contributed by atoms with Crippen LogP contribution in [0.3, 0.4) is 0 Å². The molecular formula is C12H13FN2O2. The molecule has 0 radical (unpaired) electrons. The smallest absolute Gasteiger partial charge is 0.307 e. The second kappa shape index (κ2) is 6.48. The van der Waals surface area contributed by atoms with Crippen molar-refractivity contribution in [1.82, 2.24) is 0 Å². The van der Waals surface area contributed by atoms with Gasteiger partial charge in [-0.05, 0) is 19.1 Å². The minimum absolute atomic E-state index is 0.0450. The van der Waals surface area contributed by atoms with Crippen LogP contribution in [0.1, 0.15) is 18.9 Å². The van der Waals surface area contributed by atoms with Crippen molar-refractivity contribution >= 4 is 11.7 Å². The molecule has 0 spiro atoms. The first kappa shape index (κ1) is 13.0. The highest BCUT2D eigenvalue weighted by Gasteiger charge is 2.07. The lowest BCUT2D eigenvalue weighted by Gasteiger charge is -2.08. The highest BCUT2D eigenvalue weighted by Crippen LogP contribution is 2.17. The molecule has 1 N–H and O–H groups in total. The summed E-state index contributed by atoms with van der Waals surface area (Å²) in [6.07, 6.45) is 0.176. The van der Waals surface area contributed by atoms with Gasteiger partial charge in [0.25, 0.3) is 0 Å². The van der Waals surface area contributed by atoms with Gasteiger partial charge in [-0.3, -0.25) is 4.79 Å². The summed E-state index contributed by atoms with van der Waals surface area (Å²) < 4.78 is 17.9. The van der Waals surface area contributed by atoms with Crippen LogP contribution in [-0.4, -0.2) is 19.1 Å². The summed E-state index contributed by atoms with van der Waals surface area (Å²) in [5, 5.41) is 11.6. The molecule has 4 nitrogen and oxygen atoms in total. The fourth-order valence-corrected chi connectivity index (χ4v) is 1.32. The standard InChI is InChI=1S/C12H13FN2O2/c1-2-17-12(16)6-7-15-11-5-3-4-10(13)9(11)8-14/h3-5,15H,2,6-7H2,1H3. The fraction of sp³-hybridized carbons (Fsp3) is 0.333. The molecule has 0 atom stereocenters. The van der Waals surface area contributed by atoms with Crippen LogP contribution in [0.25, 0.3) is 0 Å². The monoisotopic (exact) mass is 236 g/mol. The Hall–Kier alpha value is -2.09. The van der Waals surface area contributed by atoms with Crippen LogP contribution >= 0.6 is 0 Å². The maximum atomic E-state index is 13.2. The highest BCUT2D eigenvalue weighted by molar-refractivity contribution is 5.70. The lowest BCUT2D eigenvalue weighted by molar-refractivity contribution is -0.142. The number of nitrogens with one attached hydrogen (secondary N) is 1. The average Bonchev–Trinajstić information content (AvgIpc) is 2.29. The van der Waals surface area contributed by atoms with Crippen LogP contribution in [0.5, 0.6) is 0 Å². The normalized spacial score (nSPS) is 9.47. The predicted molar refractivity (Wildman–Crippen MR) is 60.9 cm³/mol. The molecule has 0 aromatic heterocycles. The number of hydrogen-bond donors (Lipinski definition) is 1. The number of nitriles is 1. The molecule has 0 amide bonds. The minimum atomic E-state index is -0.575. The van der Waals surface area contributed by atoms with E-state index >= 15 is 0 Å². The Morgan fingerprint density at radius 3 is 3.00 bits per heavy atom. The molecule has 0 fully saturated rings. The number of rotatable bonds is 5.